The van der Waals surface area contributed by atoms with E-state index in [1.54, 1.807) is 54.6 Å². The van der Waals surface area contributed by atoms with Crippen LogP contribution < -0.4 is 10.1 Å². The minimum absolute atomic E-state index is 0.0562. The smallest absolute Gasteiger partial charge is 0.352 e. The first-order valence-electron chi connectivity index (χ1n) is 9.92. The number of nitrogens with one attached hydrogen (secondary N) is 1. The molecule has 0 heterocycles. The molecule has 5 nitrogen and oxygen atoms in total. The van der Waals surface area contributed by atoms with Crippen LogP contribution in [0.15, 0.2) is 84.6 Å². The molecule has 158 valence electrons. The van der Waals surface area contributed by atoms with Crippen LogP contribution in [0.3, 0.4) is 0 Å². The van der Waals surface area contributed by atoms with Gasteiger partial charge >= 0.3 is 5.97 Å². The fraction of sp³-hybridized carbons (Fsp3) is 0.154. The van der Waals surface area contributed by atoms with Gasteiger partial charge in [0.15, 0.2) is 0 Å². The molecule has 0 atom stereocenters. The lowest BCUT2D eigenvalue weighted by atomic mass is 9.87. The summed E-state index contributed by atoms with van der Waals surface area (Å²) in [6, 6.07) is 23.3. The number of hydrogen-bond donors (Lipinski definition) is 2. The normalized spacial score (nSPS) is 11.6. The first kappa shape index (κ1) is 21.8. The van der Waals surface area contributed by atoms with Crippen LogP contribution in [-0.4, -0.2) is 17.0 Å². The standard InChI is InChI=1S/C26H25NO4/c1-26(2,3)20-12-14-21(15-13-20)31-22-11-7-8-18(16-22)17-23(25(29)30)27-24(28)19-9-5-4-6-10-19/h4-17H,1-3H3,(H,27,28)(H,29,30)/b23-17-. The molecular formula is C26H25NO4. The van der Waals surface area contributed by atoms with Crippen LogP contribution in [0.2, 0.25) is 0 Å². The number of rotatable bonds is 6. The van der Waals surface area contributed by atoms with Crippen molar-refractivity contribution in [2.45, 2.75) is 26.2 Å². The third-order valence-electron chi connectivity index (χ3n) is 4.64. The number of carboxylic acids is 1. The molecule has 0 aromatic heterocycles. The minimum atomic E-state index is -1.23. The van der Waals surface area contributed by atoms with Gasteiger partial charge in [0.05, 0.1) is 0 Å². The molecule has 0 saturated carbocycles. The number of carbonyl (C=O) groups is 2. The highest BCUT2D eigenvalue weighted by atomic mass is 16.5. The second-order valence-corrected chi connectivity index (χ2v) is 8.13. The summed E-state index contributed by atoms with van der Waals surface area (Å²) in [5, 5.41) is 12.0. The molecule has 0 fully saturated rings. The van der Waals surface area contributed by atoms with Crippen LogP contribution in [0.5, 0.6) is 11.5 Å². The van der Waals surface area contributed by atoms with Crippen molar-refractivity contribution in [3.8, 4) is 11.5 Å². The Morgan fingerprint density at radius 3 is 2.16 bits per heavy atom. The summed E-state index contributed by atoms with van der Waals surface area (Å²) in [5.41, 5.74) is 2.01. The maximum absolute atomic E-state index is 12.3. The van der Waals surface area contributed by atoms with Gasteiger partial charge in [0.2, 0.25) is 0 Å². The Balaban J connectivity index is 1.78. The molecule has 0 spiro atoms. The average molecular weight is 415 g/mol. The zero-order chi connectivity index (χ0) is 22.4. The van der Waals surface area contributed by atoms with Crippen LogP contribution in [0.4, 0.5) is 0 Å². The van der Waals surface area contributed by atoms with Crippen LogP contribution in [0.1, 0.15) is 42.3 Å². The second-order valence-electron chi connectivity index (χ2n) is 8.13. The molecule has 0 aliphatic carbocycles. The average Bonchev–Trinajstić information content (AvgIpc) is 2.74. The highest BCUT2D eigenvalue weighted by molar-refractivity contribution is 6.02. The van der Waals surface area contributed by atoms with Gasteiger partial charge in [-0.05, 0) is 59.0 Å². The van der Waals surface area contributed by atoms with Crippen molar-refractivity contribution in [2.24, 2.45) is 0 Å². The molecule has 3 aromatic carbocycles. The van der Waals surface area contributed by atoms with E-state index in [0.29, 0.717) is 22.6 Å². The molecule has 0 bridgehead atoms. The van der Waals surface area contributed by atoms with E-state index in [9.17, 15) is 14.7 Å². The van der Waals surface area contributed by atoms with Crippen molar-refractivity contribution >= 4 is 18.0 Å². The first-order chi connectivity index (χ1) is 14.7. The monoisotopic (exact) mass is 415 g/mol. The fourth-order valence-electron chi connectivity index (χ4n) is 2.93. The predicted molar refractivity (Wildman–Crippen MR) is 121 cm³/mol. The lowest BCUT2D eigenvalue weighted by molar-refractivity contribution is -0.132. The van der Waals surface area contributed by atoms with Crippen molar-refractivity contribution in [2.75, 3.05) is 0 Å². The quantitative estimate of drug-likeness (QED) is 0.512. The highest BCUT2D eigenvalue weighted by Gasteiger charge is 2.14. The van der Waals surface area contributed by atoms with Gasteiger partial charge in [-0.25, -0.2) is 4.79 Å². The Morgan fingerprint density at radius 2 is 1.55 bits per heavy atom. The summed E-state index contributed by atoms with van der Waals surface area (Å²) in [7, 11) is 0. The molecule has 0 aliphatic heterocycles. The summed E-state index contributed by atoms with van der Waals surface area (Å²) >= 11 is 0. The topological polar surface area (TPSA) is 75.6 Å². The predicted octanol–water partition coefficient (Wildman–Crippen LogP) is 5.63. The molecule has 0 radical (unpaired) electrons. The number of aliphatic carboxylic acids is 1. The van der Waals surface area contributed by atoms with Gasteiger partial charge in [0, 0.05) is 5.56 Å². The molecule has 3 aromatic rings. The molecule has 1 amide bonds. The number of benzene rings is 3. The Kier molecular flexibility index (Phi) is 6.55. The zero-order valence-electron chi connectivity index (χ0n) is 17.8. The Hall–Kier alpha value is -3.86. The van der Waals surface area contributed by atoms with Gasteiger partial charge in [-0.3, -0.25) is 4.79 Å². The van der Waals surface area contributed by atoms with E-state index in [0.717, 1.165) is 0 Å². The van der Waals surface area contributed by atoms with Crippen molar-refractivity contribution in [1.29, 1.82) is 0 Å². The second kappa shape index (κ2) is 9.30. The molecule has 0 unspecified atom stereocenters. The number of carboxylic acid groups (broad SMARTS) is 1. The maximum Gasteiger partial charge on any atom is 0.352 e. The number of hydrogen-bond acceptors (Lipinski definition) is 3. The molecule has 31 heavy (non-hydrogen) atoms. The van der Waals surface area contributed by atoms with Crippen LogP contribution in [0.25, 0.3) is 6.08 Å². The molecular weight excluding hydrogens is 390 g/mol. The van der Waals surface area contributed by atoms with E-state index < -0.39 is 11.9 Å². The van der Waals surface area contributed by atoms with Gasteiger partial charge in [-0.2, -0.15) is 0 Å². The van der Waals surface area contributed by atoms with Crippen LogP contribution in [-0.2, 0) is 10.2 Å². The third kappa shape index (κ3) is 6.06. The summed E-state index contributed by atoms with van der Waals surface area (Å²) in [6.07, 6.45) is 1.40. The van der Waals surface area contributed by atoms with E-state index in [1.165, 1.54) is 11.6 Å². The SMILES string of the molecule is CC(C)(C)c1ccc(Oc2cccc(/C=C(\NC(=O)c3ccccc3)C(=O)O)c2)cc1. The summed E-state index contributed by atoms with van der Waals surface area (Å²) in [6.45, 7) is 6.44. The maximum atomic E-state index is 12.3. The van der Waals surface area contributed by atoms with E-state index >= 15 is 0 Å². The van der Waals surface area contributed by atoms with Gasteiger partial charge in [-0.15, -0.1) is 0 Å². The van der Waals surface area contributed by atoms with Gasteiger partial charge in [0.1, 0.15) is 17.2 Å². The van der Waals surface area contributed by atoms with E-state index in [2.05, 4.69) is 26.1 Å². The molecule has 2 N–H and O–H groups in total. The highest BCUT2D eigenvalue weighted by Crippen LogP contribution is 2.27. The Morgan fingerprint density at radius 1 is 0.871 bits per heavy atom. The van der Waals surface area contributed by atoms with E-state index in [1.807, 2.05) is 24.3 Å². The van der Waals surface area contributed by atoms with Gasteiger partial charge in [0.25, 0.3) is 5.91 Å². The largest absolute Gasteiger partial charge is 0.477 e. The summed E-state index contributed by atoms with van der Waals surface area (Å²) in [5.74, 6) is -0.463. The van der Waals surface area contributed by atoms with Crippen LogP contribution >= 0.6 is 0 Å². The lowest BCUT2D eigenvalue weighted by Gasteiger charge is -2.19. The number of ether oxygens (including phenoxy) is 1. The molecule has 0 aliphatic rings. The molecule has 0 saturated heterocycles. The minimum Gasteiger partial charge on any atom is -0.477 e. The van der Waals surface area contributed by atoms with Crippen molar-refractivity contribution in [3.05, 3.63) is 101 Å². The van der Waals surface area contributed by atoms with Crippen molar-refractivity contribution in [1.82, 2.24) is 5.32 Å². The summed E-state index contributed by atoms with van der Waals surface area (Å²) in [4.78, 5) is 24.0. The molecule has 3 rings (SSSR count). The third-order valence-corrected chi connectivity index (χ3v) is 4.64. The van der Waals surface area contributed by atoms with Crippen molar-refractivity contribution < 1.29 is 19.4 Å². The van der Waals surface area contributed by atoms with Crippen LogP contribution in [0, 0.1) is 0 Å². The first-order valence-corrected chi connectivity index (χ1v) is 9.92. The van der Waals surface area contributed by atoms with E-state index in [4.69, 9.17) is 4.74 Å². The lowest BCUT2D eigenvalue weighted by Crippen LogP contribution is -2.27. The van der Waals surface area contributed by atoms with E-state index in [-0.39, 0.29) is 11.1 Å². The summed E-state index contributed by atoms with van der Waals surface area (Å²) < 4.78 is 5.92. The fourth-order valence-corrected chi connectivity index (χ4v) is 2.93. The number of amides is 1. The van der Waals surface area contributed by atoms with Crippen molar-refractivity contribution in [3.63, 3.8) is 0 Å². The van der Waals surface area contributed by atoms with Gasteiger partial charge in [-0.1, -0.05) is 63.2 Å². The zero-order valence-corrected chi connectivity index (χ0v) is 17.8. The van der Waals surface area contributed by atoms with Gasteiger partial charge < -0.3 is 15.2 Å². The Labute approximate surface area is 182 Å². The number of carbonyl (C=O) groups excluding carboxylic acids is 1. The molecule has 5 heteroatoms. The Bertz CT molecular complexity index is 1090.